The number of rotatable bonds is 8. The molecule has 0 aliphatic carbocycles. The van der Waals surface area contributed by atoms with Crippen molar-refractivity contribution in [3.05, 3.63) is 70.9 Å². The minimum atomic E-state index is -0.655. The van der Waals surface area contributed by atoms with Crippen LogP contribution in [0.3, 0.4) is 0 Å². The van der Waals surface area contributed by atoms with E-state index in [1.165, 1.54) is 6.92 Å². The molecule has 7 heteroatoms. The Hall–Kier alpha value is -2.83. The Morgan fingerprint density at radius 1 is 1.09 bits per heavy atom. The molecule has 1 fully saturated rings. The van der Waals surface area contributed by atoms with Gasteiger partial charge in [0.25, 0.3) is 0 Å². The molecular weight excluding hydrogens is 424 g/mol. The lowest BCUT2D eigenvalue weighted by molar-refractivity contribution is -0.128. The average molecular weight is 453 g/mol. The maximum Gasteiger partial charge on any atom is 0.242 e. The van der Waals surface area contributed by atoms with Crippen LogP contribution in [0.15, 0.2) is 54.7 Å². The van der Waals surface area contributed by atoms with Gasteiger partial charge in [0.1, 0.15) is 6.04 Å². The van der Waals surface area contributed by atoms with E-state index in [4.69, 9.17) is 11.6 Å². The lowest BCUT2D eigenvalue weighted by atomic mass is 10.0. The molecule has 0 bridgehead atoms. The zero-order valence-corrected chi connectivity index (χ0v) is 19.0. The molecule has 1 saturated heterocycles. The number of amides is 2. The Morgan fingerprint density at radius 2 is 1.81 bits per heavy atom. The number of aromatic nitrogens is 1. The number of aromatic amines is 1. The minimum absolute atomic E-state index is 0.00113. The molecule has 2 amide bonds. The highest BCUT2D eigenvalue weighted by atomic mass is 35.5. The van der Waals surface area contributed by atoms with E-state index in [1.54, 1.807) is 0 Å². The second-order valence-electron chi connectivity index (χ2n) is 8.34. The van der Waals surface area contributed by atoms with E-state index < -0.39 is 6.04 Å². The number of carbonyl (C=O) groups excluding carboxylic acids is 2. The molecule has 3 aromatic rings. The summed E-state index contributed by atoms with van der Waals surface area (Å²) in [5, 5.41) is 7.67. The Labute approximate surface area is 193 Å². The number of nitrogens with one attached hydrogen (secondary N) is 3. The number of nitrogens with zero attached hydrogens (tertiary/aromatic N) is 1. The molecule has 0 radical (unpaired) electrons. The summed E-state index contributed by atoms with van der Waals surface area (Å²) in [6, 6.07) is 15.1. The number of likely N-dealkylation sites (tertiary alicyclic amines) is 1. The molecule has 4 rings (SSSR count). The van der Waals surface area contributed by atoms with Gasteiger partial charge in [-0.25, -0.2) is 0 Å². The Bertz CT molecular complexity index is 1090. The van der Waals surface area contributed by atoms with Gasteiger partial charge in [0.05, 0.1) is 6.04 Å². The molecule has 168 valence electrons. The molecule has 2 unspecified atom stereocenters. The Kier molecular flexibility index (Phi) is 7.12. The van der Waals surface area contributed by atoms with E-state index in [-0.39, 0.29) is 17.9 Å². The number of H-pyrrole nitrogens is 1. The van der Waals surface area contributed by atoms with Crippen LogP contribution < -0.4 is 10.6 Å². The monoisotopic (exact) mass is 452 g/mol. The van der Waals surface area contributed by atoms with Gasteiger partial charge in [0, 0.05) is 42.0 Å². The van der Waals surface area contributed by atoms with Crippen LogP contribution in [0.5, 0.6) is 0 Å². The molecule has 2 heterocycles. The first kappa shape index (κ1) is 22.4. The highest BCUT2D eigenvalue weighted by Crippen LogP contribution is 2.29. The van der Waals surface area contributed by atoms with Crippen LogP contribution in [0.1, 0.15) is 36.9 Å². The molecule has 2 aromatic carbocycles. The summed E-state index contributed by atoms with van der Waals surface area (Å²) < 4.78 is 0. The molecule has 0 saturated carbocycles. The number of benzene rings is 2. The molecule has 2 atom stereocenters. The summed E-state index contributed by atoms with van der Waals surface area (Å²) in [6.45, 7) is 3.84. The molecule has 1 aliphatic heterocycles. The van der Waals surface area contributed by atoms with Crippen LogP contribution in [-0.2, 0) is 16.0 Å². The van der Waals surface area contributed by atoms with E-state index in [0.29, 0.717) is 18.0 Å². The zero-order chi connectivity index (χ0) is 22.5. The molecule has 6 nitrogen and oxygen atoms in total. The molecule has 3 N–H and O–H groups in total. The predicted octanol–water partition coefficient (Wildman–Crippen LogP) is 3.82. The third-order valence-electron chi connectivity index (χ3n) is 6.11. The van der Waals surface area contributed by atoms with Crippen LogP contribution in [0.2, 0.25) is 5.02 Å². The SMILES string of the molecule is CC(=O)NC(Cc1c[nH]c2ccccc12)C(=O)NCC(c1ccccc1Cl)N1CCCC1. The van der Waals surface area contributed by atoms with Gasteiger partial charge >= 0.3 is 0 Å². The summed E-state index contributed by atoms with van der Waals surface area (Å²) in [6.07, 6.45) is 4.60. The van der Waals surface area contributed by atoms with E-state index in [9.17, 15) is 9.59 Å². The Morgan fingerprint density at radius 3 is 2.56 bits per heavy atom. The summed E-state index contributed by atoms with van der Waals surface area (Å²) in [5.41, 5.74) is 3.03. The molecule has 1 aromatic heterocycles. The van der Waals surface area contributed by atoms with Gasteiger partial charge < -0.3 is 15.6 Å². The van der Waals surface area contributed by atoms with Crippen LogP contribution in [0.25, 0.3) is 10.9 Å². The van der Waals surface area contributed by atoms with E-state index in [2.05, 4.69) is 20.5 Å². The second kappa shape index (κ2) is 10.2. The fourth-order valence-electron chi connectivity index (χ4n) is 4.53. The maximum atomic E-state index is 13.2. The standard InChI is InChI=1S/C25H29ClN4O2/c1-17(31)29-23(14-18-15-27-22-11-5-3-8-19(18)22)25(32)28-16-24(30-12-6-7-13-30)20-9-2-4-10-21(20)26/h2-5,8-11,15,23-24,27H,6-7,12-14,16H2,1H3,(H,28,32)(H,29,31). The summed E-state index contributed by atoms with van der Waals surface area (Å²) in [5.74, 6) is -0.422. The third-order valence-corrected chi connectivity index (χ3v) is 6.45. The van der Waals surface area contributed by atoms with Crippen molar-refractivity contribution in [1.29, 1.82) is 0 Å². The number of hydrogen-bond donors (Lipinski definition) is 3. The fraction of sp³-hybridized carbons (Fsp3) is 0.360. The summed E-state index contributed by atoms with van der Waals surface area (Å²) in [7, 11) is 0. The molecule has 1 aliphatic rings. The van der Waals surface area contributed by atoms with E-state index >= 15 is 0 Å². The number of hydrogen-bond acceptors (Lipinski definition) is 3. The number of halogens is 1. The van der Waals surface area contributed by atoms with E-state index in [0.717, 1.165) is 48.0 Å². The normalized spacial score (nSPS) is 16.1. The van der Waals surface area contributed by atoms with Gasteiger partial charge in [-0.2, -0.15) is 0 Å². The number of para-hydroxylation sites is 1. The second-order valence-corrected chi connectivity index (χ2v) is 8.75. The largest absolute Gasteiger partial charge is 0.361 e. The quantitative estimate of drug-likeness (QED) is 0.486. The van der Waals surface area contributed by atoms with Crippen molar-refractivity contribution in [1.82, 2.24) is 20.5 Å². The van der Waals surface area contributed by atoms with Crippen molar-refractivity contribution in [2.45, 2.75) is 38.3 Å². The lowest BCUT2D eigenvalue weighted by Gasteiger charge is -2.29. The van der Waals surface area contributed by atoms with Crippen molar-refractivity contribution in [2.75, 3.05) is 19.6 Å². The van der Waals surface area contributed by atoms with Crippen LogP contribution in [0.4, 0.5) is 0 Å². The van der Waals surface area contributed by atoms with Gasteiger partial charge in [-0.1, -0.05) is 48.0 Å². The predicted molar refractivity (Wildman–Crippen MR) is 128 cm³/mol. The smallest absolute Gasteiger partial charge is 0.242 e. The molecule has 0 spiro atoms. The van der Waals surface area contributed by atoms with Crippen LogP contribution in [-0.4, -0.2) is 47.4 Å². The minimum Gasteiger partial charge on any atom is -0.361 e. The Balaban J connectivity index is 1.50. The van der Waals surface area contributed by atoms with Gasteiger partial charge in [-0.15, -0.1) is 0 Å². The van der Waals surface area contributed by atoms with Gasteiger partial charge in [-0.05, 0) is 49.2 Å². The highest BCUT2D eigenvalue weighted by molar-refractivity contribution is 6.31. The number of carbonyl (C=O) groups is 2. The maximum absolute atomic E-state index is 13.2. The third kappa shape index (κ3) is 5.14. The van der Waals surface area contributed by atoms with Crippen molar-refractivity contribution in [3.63, 3.8) is 0 Å². The average Bonchev–Trinajstić information content (AvgIpc) is 3.45. The topological polar surface area (TPSA) is 77.2 Å². The zero-order valence-electron chi connectivity index (χ0n) is 18.2. The van der Waals surface area contributed by atoms with Crippen molar-refractivity contribution in [2.24, 2.45) is 0 Å². The summed E-state index contributed by atoms with van der Waals surface area (Å²) >= 11 is 6.49. The lowest BCUT2D eigenvalue weighted by Crippen LogP contribution is -2.49. The van der Waals surface area contributed by atoms with Crippen molar-refractivity contribution in [3.8, 4) is 0 Å². The van der Waals surface area contributed by atoms with E-state index in [1.807, 2.05) is 54.7 Å². The highest BCUT2D eigenvalue weighted by Gasteiger charge is 2.27. The summed E-state index contributed by atoms with van der Waals surface area (Å²) in [4.78, 5) is 30.6. The van der Waals surface area contributed by atoms with Crippen LogP contribution in [0, 0.1) is 0 Å². The first-order chi connectivity index (χ1) is 15.5. The van der Waals surface area contributed by atoms with Crippen molar-refractivity contribution < 1.29 is 9.59 Å². The molecule has 32 heavy (non-hydrogen) atoms. The van der Waals surface area contributed by atoms with Gasteiger partial charge in [-0.3, -0.25) is 14.5 Å². The number of fused-ring (bicyclic) bond motifs is 1. The molecular formula is C25H29ClN4O2. The fourth-order valence-corrected chi connectivity index (χ4v) is 4.79. The first-order valence-corrected chi connectivity index (χ1v) is 11.5. The first-order valence-electron chi connectivity index (χ1n) is 11.1. The van der Waals surface area contributed by atoms with Gasteiger partial charge in [0.2, 0.25) is 11.8 Å². The van der Waals surface area contributed by atoms with Gasteiger partial charge in [0.15, 0.2) is 0 Å². The van der Waals surface area contributed by atoms with Crippen LogP contribution >= 0.6 is 11.6 Å². The van der Waals surface area contributed by atoms with Crippen molar-refractivity contribution >= 4 is 34.3 Å².